The van der Waals surface area contributed by atoms with Crippen molar-refractivity contribution >= 4 is 11.6 Å². The molecule has 0 unspecified atom stereocenters. The molecule has 1 N–H and O–H groups in total. The van der Waals surface area contributed by atoms with Gasteiger partial charge in [-0.2, -0.15) is 0 Å². The third kappa shape index (κ3) is 4.42. The standard InChI is InChI=1S/C24H31ClN2O/c1-19-5-4-6-21(13-19)23(10-12-28-24(18-23)7-2-3-8-24)9-11-26-15-20-14-22(25)17-27-16-20/h4-6,13-14,16-17,26H,2-3,7-12,15,18H2,1H3/t23-/m0/s1. The lowest BCUT2D eigenvalue weighted by Crippen LogP contribution is -2.47. The van der Waals surface area contributed by atoms with Crippen LogP contribution in [0, 0.1) is 6.92 Å². The molecule has 0 bridgehead atoms. The Morgan fingerprint density at radius 1 is 1.14 bits per heavy atom. The van der Waals surface area contributed by atoms with E-state index in [4.69, 9.17) is 16.3 Å². The maximum Gasteiger partial charge on any atom is 0.0691 e. The minimum Gasteiger partial charge on any atom is -0.375 e. The summed E-state index contributed by atoms with van der Waals surface area (Å²) in [5, 5.41) is 4.32. The van der Waals surface area contributed by atoms with Crippen molar-refractivity contribution in [1.82, 2.24) is 10.3 Å². The first-order valence-corrected chi connectivity index (χ1v) is 11.0. The molecule has 150 valence electrons. The van der Waals surface area contributed by atoms with Gasteiger partial charge >= 0.3 is 0 Å². The summed E-state index contributed by atoms with van der Waals surface area (Å²) >= 11 is 6.06. The first-order valence-electron chi connectivity index (χ1n) is 10.6. The van der Waals surface area contributed by atoms with Gasteiger partial charge in [-0.25, -0.2) is 0 Å². The molecule has 1 aliphatic heterocycles. The number of nitrogens with one attached hydrogen (secondary N) is 1. The molecule has 1 saturated carbocycles. The van der Waals surface area contributed by atoms with Gasteiger partial charge in [-0.05, 0) is 62.8 Å². The highest BCUT2D eigenvalue weighted by Gasteiger charge is 2.47. The molecule has 4 heteroatoms. The summed E-state index contributed by atoms with van der Waals surface area (Å²) in [6.07, 6.45) is 12.0. The van der Waals surface area contributed by atoms with E-state index in [0.717, 1.165) is 44.5 Å². The Balaban J connectivity index is 1.48. The number of hydrogen-bond donors (Lipinski definition) is 1. The summed E-state index contributed by atoms with van der Waals surface area (Å²) in [6, 6.07) is 11.1. The molecule has 1 saturated heterocycles. The van der Waals surface area contributed by atoms with Crippen LogP contribution in [-0.2, 0) is 16.7 Å². The highest BCUT2D eigenvalue weighted by atomic mass is 35.5. The molecule has 2 heterocycles. The molecule has 0 radical (unpaired) electrons. The predicted octanol–water partition coefficient (Wildman–Crippen LogP) is 5.58. The van der Waals surface area contributed by atoms with Gasteiger partial charge in [0.15, 0.2) is 0 Å². The van der Waals surface area contributed by atoms with E-state index in [2.05, 4.69) is 41.5 Å². The van der Waals surface area contributed by atoms with Crippen molar-refractivity contribution in [1.29, 1.82) is 0 Å². The fraction of sp³-hybridized carbons (Fsp3) is 0.542. The summed E-state index contributed by atoms with van der Waals surface area (Å²) < 4.78 is 6.38. The zero-order chi connectivity index (χ0) is 19.5. The Hall–Kier alpha value is -1.42. The molecule has 3 nitrogen and oxygen atoms in total. The molecule has 1 aliphatic carbocycles. The second-order valence-corrected chi connectivity index (χ2v) is 9.19. The highest BCUT2D eigenvalue weighted by Crippen LogP contribution is 2.50. The SMILES string of the molecule is Cc1cccc([C@@]2(CCNCc3cncc(Cl)c3)CCOC3(CCCC3)C2)c1. The Labute approximate surface area is 173 Å². The number of halogens is 1. The summed E-state index contributed by atoms with van der Waals surface area (Å²) in [4.78, 5) is 4.18. The zero-order valence-electron chi connectivity index (χ0n) is 16.8. The van der Waals surface area contributed by atoms with Crippen LogP contribution >= 0.6 is 11.6 Å². The maximum absolute atomic E-state index is 6.38. The summed E-state index contributed by atoms with van der Waals surface area (Å²) in [6.45, 7) is 4.87. The van der Waals surface area contributed by atoms with E-state index < -0.39 is 0 Å². The molecule has 2 aromatic rings. The first kappa shape index (κ1) is 19.9. The third-order valence-corrected chi connectivity index (χ3v) is 6.87. The molecule has 1 atom stereocenters. The third-order valence-electron chi connectivity index (χ3n) is 6.67. The van der Waals surface area contributed by atoms with Crippen molar-refractivity contribution in [3.63, 3.8) is 0 Å². The topological polar surface area (TPSA) is 34.2 Å². The Kier molecular flexibility index (Phi) is 6.05. The van der Waals surface area contributed by atoms with E-state index in [1.165, 1.54) is 36.8 Å². The molecule has 1 aromatic heterocycles. The Bertz CT molecular complexity index is 803. The van der Waals surface area contributed by atoms with Gasteiger partial charge in [0.2, 0.25) is 0 Å². The summed E-state index contributed by atoms with van der Waals surface area (Å²) in [7, 11) is 0. The molecule has 1 spiro atoms. The highest BCUT2D eigenvalue weighted by molar-refractivity contribution is 6.30. The number of ether oxygens (including phenoxy) is 1. The normalized spacial score (nSPS) is 23.9. The second kappa shape index (κ2) is 8.52. The predicted molar refractivity (Wildman–Crippen MR) is 115 cm³/mol. The van der Waals surface area contributed by atoms with Crippen LogP contribution in [0.25, 0.3) is 0 Å². The van der Waals surface area contributed by atoms with Crippen LogP contribution < -0.4 is 5.32 Å². The average Bonchev–Trinajstić information content (AvgIpc) is 3.13. The van der Waals surface area contributed by atoms with Crippen molar-refractivity contribution in [2.45, 2.75) is 69.4 Å². The van der Waals surface area contributed by atoms with Crippen LogP contribution in [0.1, 0.15) is 61.6 Å². The van der Waals surface area contributed by atoms with Crippen LogP contribution in [-0.4, -0.2) is 23.7 Å². The molecule has 28 heavy (non-hydrogen) atoms. The van der Waals surface area contributed by atoms with Crippen molar-refractivity contribution in [2.75, 3.05) is 13.2 Å². The van der Waals surface area contributed by atoms with E-state index in [1.807, 2.05) is 12.3 Å². The van der Waals surface area contributed by atoms with Crippen molar-refractivity contribution in [3.05, 3.63) is 64.4 Å². The first-order chi connectivity index (χ1) is 13.6. The van der Waals surface area contributed by atoms with Gasteiger partial charge in [-0.15, -0.1) is 0 Å². The average molecular weight is 399 g/mol. The number of rotatable bonds is 6. The van der Waals surface area contributed by atoms with Gasteiger partial charge in [0.05, 0.1) is 10.6 Å². The summed E-state index contributed by atoms with van der Waals surface area (Å²) in [5.41, 5.74) is 4.29. The van der Waals surface area contributed by atoms with Gasteiger partial charge in [-0.3, -0.25) is 4.98 Å². The zero-order valence-corrected chi connectivity index (χ0v) is 17.6. The molecule has 4 rings (SSSR count). The minimum atomic E-state index is 0.110. The van der Waals surface area contributed by atoms with E-state index in [1.54, 1.807) is 6.20 Å². The molecule has 2 fully saturated rings. The van der Waals surface area contributed by atoms with E-state index in [-0.39, 0.29) is 11.0 Å². The number of benzene rings is 1. The lowest BCUT2D eigenvalue weighted by Gasteiger charge is -2.47. The van der Waals surface area contributed by atoms with Crippen LogP contribution in [0.3, 0.4) is 0 Å². The van der Waals surface area contributed by atoms with Gasteiger partial charge in [0.1, 0.15) is 0 Å². The number of nitrogens with zero attached hydrogens (tertiary/aromatic N) is 1. The van der Waals surface area contributed by atoms with Gasteiger partial charge in [-0.1, -0.05) is 54.3 Å². The lowest BCUT2D eigenvalue weighted by molar-refractivity contribution is -0.103. The second-order valence-electron chi connectivity index (χ2n) is 8.75. The number of hydrogen-bond acceptors (Lipinski definition) is 3. The fourth-order valence-corrected chi connectivity index (χ4v) is 5.45. The van der Waals surface area contributed by atoms with Crippen LogP contribution in [0.4, 0.5) is 0 Å². The Morgan fingerprint density at radius 2 is 2.00 bits per heavy atom. The van der Waals surface area contributed by atoms with Gasteiger partial charge in [0, 0.05) is 31.0 Å². The molecular formula is C24H31ClN2O. The van der Waals surface area contributed by atoms with Crippen LogP contribution in [0.15, 0.2) is 42.7 Å². The smallest absolute Gasteiger partial charge is 0.0691 e. The lowest BCUT2D eigenvalue weighted by atomic mass is 9.66. The molecule has 0 amide bonds. The van der Waals surface area contributed by atoms with E-state index in [9.17, 15) is 0 Å². The molecular weight excluding hydrogens is 368 g/mol. The van der Waals surface area contributed by atoms with Crippen LogP contribution in [0.2, 0.25) is 5.02 Å². The van der Waals surface area contributed by atoms with Crippen LogP contribution in [0.5, 0.6) is 0 Å². The quantitative estimate of drug-likeness (QED) is 0.644. The summed E-state index contributed by atoms with van der Waals surface area (Å²) in [5.74, 6) is 0. The number of aromatic nitrogens is 1. The maximum atomic E-state index is 6.38. The largest absolute Gasteiger partial charge is 0.375 e. The van der Waals surface area contributed by atoms with Gasteiger partial charge < -0.3 is 10.1 Å². The Morgan fingerprint density at radius 3 is 2.79 bits per heavy atom. The number of pyridine rings is 1. The van der Waals surface area contributed by atoms with Crippen molar-refractivity contribution < 1.29 is 4.74 Å². The minimum absolute atomic E-state index is 0.110. The molecule has 1 aromatic carbocycles. The van der Waals surface area contributed by atoms with E-state index >= 15 is 0 Å². The monoisotopic (exact) mass is 398 g/mol. The van der Waals surface area contributed by atoms with Crippen molar-refractivity contribution in [3.8, 4) is 0 Å². The molecule has 2 aliphatic rings. The van der Waals surface area contributed by atoms with Crippen molar-refractivity contribution in [2.24, 2.45) is 0 Å². The number of aryl methyl sites for hydroxylation is 1. The van der Waals surface area contributed by atoms with E-state index in [0.29, 0.717) is 5.02 Å². The van der Waals surface area contributed by atoms with Gasteiger partial charge in [0.25, 0.3) is 0 Å². The fourth-order valence-electron chi connectivity index (χ4n) is 5.25.